The number of nitrogens with two attached hydrogens (primary N) is 1. The van der Waals surface area contributed by atoms with E-state index in [0.717, 1.165) is 12.1 Å². The number of aromatic hydroxyl groups is 2. The molecule has 206 valence electrons. The largest absolute Gasteiger partial charge is 0.502 e. The Morgan fingerprint density at radius 3 is 2.46 bits per heavy atom. The summed E-state index contributed by atoms with van der Waals surface area (Å²) in [5.74, 6) is -1.67. The van der Waals surface area contributed by atoms with Crippen molar-refractivity contribution in [3.8, 4) is 23.0 Å². The quantitative estimate of drug-likeness (QED) is 0.390. The lowest BCUT2D eigenvalue weighted by molar-refractivity contribution is -0.118. The second-order valence-corrected chi connectivity index (χ2v) is 10.2. The summed E-state index contributed by atoms with van der Waals surface area (Å²) in [5, 5.41) is 21.1. The smallest absolute Gasteiger partial charge is 0.250 e. The molecule has 1 saturated heterocycles. The Labute approximate surface area is 224 Å². The molecule has 3 atom stereocenters. The van der Waals surface area contributed by atoms with E-state index in [1.54, 1.807) is 12.1 Å². The first kappa shape index (κ1) is 26.4. The molecule has 39 heavy (non-hydrogen) atoms. The van der Waals surface area contributed by atoms with E-state index in [2.05, 4.69) is 4.90 Å². The highest BCUT2D eigenvalue weighted by atomic mass is 16.5. The van der Waals surface area contributed by atoms with Gasteiger partial charge < -0.3 is 34.4 Å². The molecule has 5 rings (SSSR count). The molecule has 0 spiro atoms. The molecule has 0 saturated carbocycles. The van der Waals surface area contributed by atoms with Crippen LogP contribution in [0.25, 0.3) is 0 Å². The summed E-state index contributed by atoms with van der Waals surface area (Å²) in [6.45, 7) is 2.33. The molecule has 2 aliphatic rings. The van der Waals surface area contributed by atoms with Crippen LogP contribution in [0.15, 0.2) is 50.4 Å². The third kappa shape index (κ3) is 5.09. The summed E-state index contributed by atoms with van der Waals surface area (Å²) < 4.78 is 18.4. The Morgan fingerprint density at radius 2 is 1.79 bits per heavy atom. The highest BCUT2D eigenvalue weighted by molar-refractivity contribution is 5.75. The van der Waals surface area contributed by atoms with E-state index in [9.17, 15) is 24.6 Å². The van der Waals surface area contributed by atoms with Crippen molar-refractivity contribution < 1.29 is 28.9 Å². The van der Waals surface area contributed by atoms with Gasteiger partial charge in [0.2, 0.25) is 22.8 Å². The number of phenolic OH excluding ortho intramolecular Hbond substituents is 1. The summed E-state index contributed by atoms with van der Waals surface area (Å²) >= 11 is 0. The maximum Gasteiger partial charge on any atom is 0.250 e. The Kier molecular flexibility index (Phi) is 7.09. The zero-order chi connectivity index (χ0) is 27.8. The summed E-state index contributed by atoms with van der Waals surface area (Å²) in [5.41, 5.74) is 6.29. The lowest BCUT2D eigenvalue weighted by atomic mass is 9.83. The third-order valence-electron chi connectivity index (χ3n) is 7.56. The van der Waals surface area contributed by atoms with Crippen molar-refractivity contribution in [2.75, 3.05) is 27.3 Å². The second-order valence-electron chi connectivity index (χ2n) is 10.2. The fourth-order valence-electron chi connectivity index (χ4n) is 5.89. The average Bonchev–Trinajstić information content (AvgIpc) is 2.90. The minimum atomic E-state index is -0.946. The lowest BCUT2D eigenvalue weighted by Crippen LogP contribution is -2.46. The molecule has 1 fully saturated rings. The number of ether oxygens (including phenoxy) is 2. The van der Waals surface area contributed by atoms with Gasteiger partial charge in [-0.1, -0.05) is 6.07 Å². The minimum Gasteiger partial charge on any atom is -0.502 e. The number of primary amides is 1. The van der Waals surface area contributed by atoms with Crippen molar-refractivity contribution >= 4 is 5.91 Å². The molecule has 3 aromatic rings. The number of hydrogen-bond donors (Lipinski definition) is 3. The first-order chi connectivity index (χ1) is 18.7. The Morgan fingerprint density at radius 1 is 1.08 bits per heavy atom. The highest BCUT2D eigenvalue weighted by Crippen LogP contribution is 2.43. The van der Waals surface area contributed by atoms with Gasteiger partial charge in [-0.3, -0.25) is 19.3 Å². The summed E-state index contributed by atoms with van der Waals surface area (Å²) in [6.07, 6.45) is 0.701. The van der Waals surface area contributed by atoms with Crippen LogP contribution in [0.4, 0.5) is 0 Å². The molecule has 11 nitrogen and oxygen atoms in total. The number of methoxy groups -OCH3 is 2. The van der Waals surface area contributed by atoms with Crippen LogP contribution in [0.5, 0.6) is 23.0 Å². The van der Waals surface area contributed by atoms with Crippen molar-refractivity contribution in [1.82, 2.24) is 9.47 Å². The average molecular weight is 538 g/mol. The molecule has 0 radical (unpaired) electrons. The molecule has 0 aliphatic carbocycles. The van der Waals surface area contributed by atoms with Gasteiger partial charge in [0.1, 0.15) is 5.76 Å². The molecule has 11 heteroatoms. The van der Waals surface area contributed by atoms with E-state index < -0.39 is 23.0 Å². The van der Waals surface area contributed by atoms with E-state index in [4.69, 9.17) is 19.6 Å². The number of pyridine rings is 1. The van der Waals surface area contributed by atoms with Gasteiger partial charge in [-0.05, 0) is 36.1 Å². The number of piperidine rings is 1. The van der Waals surface area contributed by atoms with Crippen LogP contribution in [0.1, 0.15) is 47.5 Å². The Bertz CT molecular complexity index is 1500. The number of benzene rings is 1. The molecule has 4 N–H and O–H groups in total. The van der Waals surface area contributed by atoms with E-state index >= 15 is 0 Å². The van der Waals surface area contributed by atoms with Gasteiger partial charge in [-0.2, -0.15) is 0 Å². The topological polar surface area (TPSA) is 157 Å². The van der Waals surface area contributed by atoms with Gasteiger partial charge in [0.05, 0.1) is 26.7 Å². The van der Waals surface area contributed by atoms with Crippen molar-refractivity contribution in [2.45, 2.75) is 37.8 Å². The third-order valence-corrected chi connectivity index (χ3v) is 7.56. The number of nitrogens with zero attached hydrogens (tertiary/aromatic N) is 2. The van der Waals surface area contributed by atoms with E-state index in [1.165, 1.54) is 32.4 Å². The molecule has 3 unspecified atom stereocenters. The predicted molar refractivity (Wildman–Crippen MR) is 140 cm³/mol. The Hall–Kier alpha value is -4.25. The molecule has 4 heterocycles. The van der Waals surface area contributed by atoms with Crippen molar-refractivity contribution in [1.29, 1.82) is 0 Å². The van der Waals surface area contributed by atoms with Gasteiger partial charge >= 0.3 is 0 Å². The number of phenols is 1. The van der Waals surface area contributed by atoms with Crippen molar-refractivity contribution in [3.05, 3.63) is 79.8 Å². The number of carbonyl (C=O) groups is 1. The standard InChI is InChI=1S/C28H31N3O8/c1-37-22-7-16(8-23(38-2)27(22)36)19(10-24(29)33)28-26(35)21(32)9-18(39-28)14-30-11-15-6-17(13-30)20-4-3-5-25(34)31(20)12-15/h3-5,7-9,15,17,19,35-36H,6,10-14H2,1-2H3,(H2,29,33). The fourth-order valence-corrected chi connectivity index (χ4v) is 5.89. The SMILES string of the molecule is COc1cc(C(CC(N)=O)c2oc(CN3CC4CC(C3)c3cccc(=O)n3C4)cc(=O)c2O)cc(OC)c1O. The van der Waals surface area contributed by atoms with E-state index in [0.29, 0.717) is 37.5 Å². The second kappa shape index (κ2) is 10.5. The Balaban J connectivity index is 1.49. The molecular weight excluding hydrogens is 506 g/mol. The van der Waals surface area contributed by atoms with Crippen LogP contribution < -0.4 is 26.2 Å². The molecule has 2 aliphatic heterocycles. The summed E-state index contributed by atoms with van der Waals surface area (Å²) in [7, 11) is 2.73. The summed E-state index contributed by atoms with van der Waals surface area (Å²) in [6, 6.07) is 9.55. The number of rotatable bonds is 8. The van der Waals surface area contributed by atoms with Gasteiger partial charge in [0.15, 0.2) is 17.3 Å². The predicted octanol–water partition coefficient (Wildman–Crippen LogP) is 1.86. The van der Waals surface area contributed by atoms with Gasteiger partial charge in [-0.15, -0.1) is 0 Å². The number of fused-ring (bicyclic) bond motifs is 4. The number of amides is 1. The molecule has 1 amide bonds. The van der Waals surface area contributed by atoms with Gasteiger partial charge in [0, 0.05) is 49.8 Å². The van der Waals surface area contributed by atoms with Crippen LogP contribution in [-0.2, 0) is 17.9 Å². The van der Waals surface area contributed by atoms with Gasteiger partial charge in [0.25, 0.3) is 5.56 Å². The van der Waals surface area contributed by atoms with Crippen molar-refractivity contribution in [3.63, 3.8) is 0 Å². The van der Waals surface area contributed by atoms with Crippen LogP contribution in [-0.4, -0.2) is 52.9 Å². The normalized spacial score (nSPS) is 19.2. The number of carbonyl (C=O) groups excluding carboxylic acids is 1. The van der Waals surface area contributed by atoms with Crippen molar-refractivity contribution in [2.24, 2.45) is 11.7 Å². The molecule has 1 aromatic carbocycles. The van der Waals surface area contributed by atoms with Gasteiger partial charge in [-0.25, -0.2) is 0 Å². The number of likely N-dealkylation sites (tertiary alicyclic amines) is 1. The molecular formula is C28H31N3O8. The van der Waals surface area contributed by atoms with E-state index in [1.807, 2.05) is 10.6 Å². The zero-order valence-corrected chi connectivity index (χ0v) is 21.8. The zero-order valence-electron chi connectivity index (χ0n) is 21.8. The molecule has 2 bridgehead atoms. The van der Waals surface area contributed by atoms with Crippen LogP contribution in [0.3, 0.4) is 0 Å². The summed E-state index contributed by atoms with van der Waals surface area (Å²) in [4.78, 5) is 39.4. The monoisotopic (exact) mass is 537 g/mol. The van der Waals surface area contributed by atoms with Crippen LogP contribution in [0.2, 0.25) is 0 Å². The van der Waals surface area contributed by atoms with Crippen LogP contribution in [0, 0.1) is 5.92 Å². The maximum absolute atomic E-state index is 12.8. The number of hydrogen-bond acceptors (Lipinski definition) is 9. The fraction of sp³-hybridized carbons (Fsp3) is 0.393. The number of aromatic nitrogens is 1. The lowest BCUT2D eigenvalue weighted by Gasteiger charge is -2.42. The molecule has 2 aromatic heterocycles. The maximum atomic E-state index is 12.8. The first-order valence-electron chi connectivity index (χ1n) is 12.7. The van der Waals surface area contributed by atoms with Crippen LogP contribution >= 0.6 is 0 Å². The first-order valence-corrected chi connectivity index (χ1v) is 12.7. The minimum absolute atomic E-state index is 0.00723. The highest BCUT2D eigenvalue weighted by Gasteiger charge is 2.35. The van der Waals surface area contributed by atoms with E-state index in [-0.39, 0.29) is 46.8 Å².